The molecule has 1 aliphatic heterocycles. The van der Waals surface area contributed by atoms with Gasteiger partial charge in [0.05, 0.1) is 24.6 Å². The van der Waals surface area contributed by atoms with E-state index in [2.05, 4.69) is 10.2 Å². The van der Waals surface area contributed by atoms with E-state index in [1.54, 1.807) is 31.9 Å². The smallest absolute Gasteiger partial charge is 0.248 e. The zero-order valence-corrected chi connectivity index (χ0v) is 14.7. The van der Waals surface area contributed by atoms with Crippen molar-refractivity contribution >= 4 is 21.6 Å². The fourth-order valence-corrected chi connectivity index (χ4v) is 4.82. The van der Waals surface area contributed by atoms with Gasteiger partial charge < -0.3 is 4.74 Å². The average Bonchev–Trinajstić information content (AvgIpc) is 3.03. The van der Waals surface area contributed by atoms with E-state index in [0.29, 0.717) is 12.3 Å². The van der Waals surface area contributed by atoms with Crippen LogP contribution in [0.2, 0.25) is 5.15 Å². The van der Waals surface area contributed by atoms with Gasteiger partial charge in [0.1, 0.15) is 10.0 Å². The van der Waals surface area contributed by atoms with E-state index < -0.39 is 10.0 Å². The van der Waals surface area contributed by atoms with Crippen LogP contribution in [-0.4, -0.2) is 52.0 Å². The van der Waals surface area contributed by atoms with Gasteiger partial charge >= 0.3 is 0 Å². The minimum absolute atomic E-state index is 0.0634. The van der Waals surface area contributed by atoms with Crippen LogP contribution < -0.4 is 0 Å². The summed E-state index contributed by atoms with van der Waals surface area (Å²) >= 11 is 6.12. The van der Waals surface area contributed by atoms with Gasteiger partial charge in [0, 0.05) is 38.9 Å². The Morgan fingerprint density at radius 3 is 2.70 bits per heavy atom. The Morgan fingerprint density at radius 1 is 1.39 bits per heavy atom. The second kappa shape index (κ2) is 5.90. The molecule has 3 heterocycles. The van der Waals surface area contributed by atoms with Crippen molar-refractivity contribution in [1.29, 1.82) is 0 Å². The van der Waals surface area contributed by atoms with Gasteiger partial charge in [-0.1, -0.05) is 11.6 Å². The predicted molar refractivity (Wildman–Crippen MR) is 83.6 cm³/mol. The molecule has 1 aliphatic rings. The maximum atomic E-state index is 12.9. The Morgan fingerprint density at radius 2 is 2.13 bits per heavy atom. The van der Waals surface area contributed by atoms with E-state index in [4.69, 9.17) is 16.3 Å². The van der Waals surface area contributed by atoms with Crippen molar-refractivity contribution in [2.45, 2.75) is 17.9 Å². The molecule has 10 heteroatoms. The molecule has 126 valence electrons. The topological polar surface area (TPSA) is 82.2 Å². The number of aromatic nitrogens is 4. The molecule has 0 bridgehead atoms. The third-order valence-electron chi connectivity index (χ3n) is 3.82. The van der Waals surface area contributed by atoms with Gasteiger partial charge in [-0.05, 0) is 6.92 Å². The zero-order valence-electron chi connectivity index (χ0n) is 13.1. The molecule has 0 aliphatic carbocycles. The molecule has 23 heavy (non-hydrogen) atoms. The maximum Gasteiger partial charge on any atom is 0.248 e. The molecular formula is C13H18ClN5O3S. The highest BCUT2D eigenvalue weighted by atomic mass is 35.5. The number of halogens is 1. The van der Waals surface area contributed by atoms with Crippen LogP contribution in [0.5, 0.6) is 0 Å². The highest BCUT2D eigenvalue weighted by Crippen LogP contribution is 2.31. The first kappa shape index (κ1) is 16.4. The highest BCUT2D eigenvalue weighted by molar-refractivity contribution is 7.89. The van der Waals surface area contributed by atoms with E-state index in [1.807, 2.05) is 6.20 Å². The first-order valence-electron chi connectivity index (χ1n) is 7.10. The molecule has 8 nitrogen and oxygen atoms in total. The van der Waals surface area contributed by atoms with Gasteiger partial charge in [0.2, 0.25) is 10.0 Å². The quantitative estimate of drug-likeness (QED) is 0.812. The minimum atomic E-state index is -3.73. The molecule has 0 saturated carbocycles. The van der Waals surface area contributed by atoms with Gasteiger partial charge in [-0.15, -0.1) is 0 Å². The van der Waals surface area contributed by atoms with Gasteiger partial charge in [-0.25, -0.2) is 8.42 Å². The van der Waals surface area contributed by atoms with Gasteiger partial charge in [-0.3, -0.25) is 9.36 Å². The number of morpholine rings is 1. The Kier molecular flexibility index (Phi) is 4.21. The fraction of sp³-hybridized carbons (Fsp3) is 0.538. The molecule has 0 radical (unpaired) electrons. The Balaban J connectivity index is 1.91. The summed E-state index contributed by atoms with van der Waals surface area (Å²) in [7, 11) is -0.303. The molecule has 0 amide bonds. The first-order valence-corrected chi connectivity index (χ1v) is 8.92. The van der Waals surface area contributed by atoms with Gasteiger partial charge in [0.25, 0.3) is 0 Å². The number of aryl methyl sites for hydroxylation is 3. The summed E-state index contributed by atoms with van der Waals surface area (Å²) in [5.74, 6) is 0. The molecule has 0 N–H and O–H groups in total. The summed E-state index contributed by atoms with van der Waals surface area (Å²) < 4.78 is 36.0. The van der Waals surface area contributed by atoms with Crippen LogP contribution in [-0.2, 0) is 28.9 Å². The van der Waals surface area contributed by atoms with E-state index >= 15 is 0 Å². The third-order valence-corrected chi connectivity index (χ3v) is 6.39. The Hall–Kier alpha value is -1.42. The number of hydrogen-bond acceptors (Lipinski definition) is 5. The summed E-state index contributed by atoms with van der Waals surface area (Å²) in [6.45, 7) is 2.45. The van der Waals surface area contributed by atoms with E-state index in [9.17, 15) is 8.42 Å². The third kappa shape index (κ3) is 2.89. The summed E-state index contributed by atoms with van der Waals surface area (Å²) in [5.41, 5.74) is 1.24. The lowest BCUT2D eigenvalue weighted by Gasteiger charge is -2.31. The zero-order chi connectivity index (χ0) is 16.8. The van der Waals surface area contributed by atoms with Crippen molar-refractivity contribution < 1.29 is 13.2 Å². The van der Waals surface area contributed by atoms with Crippen molar-refractivity contribution in [2.24, 2.45) is 14.1 Å². The molecule has 0 spiro atoms. The maximum absolute atomic E-state index is 12.9. The van der Waals surface area contributed by atoms with Gasteiger partial charge in [0.15, 0.2) is 0 Å². The molecule has 2 aromatic rings. The Bertz CT molecular complexity index is 829. The largest absolute Gasteiger partial charge is 0.371 e. The van der Waals surface area contributed by atoms with Crippen LogP contribution in [0.1, 0.15) is 17.4 Å². The average molecular weight is 360 g/mol. The number of rotatable bonds is 3. The first-order chi connectivity index (χ1) is 10.8. The number of ether oxygens (including phenoxy) is 1. The lowest BCUT2D eigenvalue weighted by Crippen LogP contribution is -2.42. The van der Waals surface area contributed by atoms with Crippen molar-refractivity contribution in [3.8, 4) is 0 Å². The fourth-order valence-electron chi connectivity index (χ4n) is 2.68. The lowest BCUT2D eigenvalue weighted by atomic mass is 10.2. The lowest BCUT2D eigenvalue weighted by molar-refractivity contribution is -0.00260. The van der Waals surface area contributed by atoms with Gasteiger partial charge in [-0.2, -0.15) is 14.5 Å². The molecule has 1 atom stereocenters. The number of nitrogens with zero attached hydrogens (tertiary/aromatic N) is 5. The van der Waals surface area contributed by atoms with Crippen LogP contribution in [0, 0.1) is 6.92 Å². The van der Waals surface area contributed by atoms with E-state index in [-0.39, 0.29) is 29.2 Å². The monoisotopic (exact) mass is 359 g/mol. The highest BCUT2D eigenvalue weighted by Gasteiger charge is 2.35. The number of sulfonamides is 1. The molecule has 3 rings (SSSR count). The normalized spacial score (nSPS) is 20.1. The van der Waals surface area contributed by atoms with Crippen molar-refractivity contribution in [3.05, 3.63) is 28.8 Å². The molecular weight excluding hydrogens is 342 g/mol. The van der Waals surface area contributed by atoms with Crippen LogP contribution >= 0.6 is 11.6 Å². The summed E-state index contributed by atoms with van der Waals surface area (Å²) in [6, 6.07) is 0. The van der Waals surface area contributed by atoms with Crippen molar-refractivity contribution in [2.75, 3.05) is 19.7 Å². The van der Waals surface area contributed by atoms with E-state index in [1.165, 1.54) is 8.99 Å². The second-order valence-electron chi connectivity index (χ2n) is 5.50. The summed E-state index contributed by atoms with van der Waals surface area (Å²) in [4.78, 5) is 0.0634. The van der Waals surface area contributed by atoms with Crippen molar-refractivity contribution in [1.82, 2.24) is 23.9 Å². The molecule has 0 unspecified atom stereocenters. The molecule has 0 aromatic carbocycles. The van der Waals surface area contributed by atoms with Crippen LogP contribution in [0.4, 0.5) is 0 Å². The summed E-state index contributed by atoms with van der Waals surface area (Å²) in [5, 5.41) is 8.31. The Labute approximate surface area is 139 Å². The van der Waals surface area contributed by atoms with Crippen LogP contribution in [0.15, 0.2) is 17.3 Å². The predicted octanol–water partition coefficient (Wildman–Crippen LogP) is 0.878. The molecule has 1 fully saturated rings. The SMILES string of the molecule is Cc1nn(C)c(Cl)c1S(=O)(=O)N1CCO[C@H](c2cnn(C)c2)C1. The standard InChI is InChI=1S/C13H18ClN5O3S/c1-9-12(13(14)18(3)16-9)23(20,21)19-4-5-22-11(8-19)10-6-15-17(2)7-10/h6-7,11H,4-5,8H2,1-3H3/t11-/m0/s1. The minimum Gasteiger partial charge on any atom is -0.371 e. The molecule has 1 saturated heterocycles. The van der Waals surface area contributed by atoms with Crippen molar-refractivity contribution in [3.63, 3.8) is 0 Å². The molecule has 2 aromatic heterocycles. The summed E-state index contributed by atoms with van der Waals surface area (Å²) in [6.07, 6.45) is 3.16. The van der Waals surface area contributed by atoms with E-state index in [0.717, 1.165) is 5.56 Å². The van der Waals surface area contributed by atoms with Crippen LogP contribution in [0.25, 0.3) is 0 Å². The number of hydrogen-bond donors (Lipinski definition) is 0. The van der Waals surface area contributed by atoms with Crippen LogP contribution in [0.3, 0.4) is 0 Å². The second-order valence-corrected chi connectivity index (χ2v) is 7.73.